The van der Waals surface area contributed by atoms with E-state index in [2.05, 4.69) is 0 Å². The van der Waals surface area contributed by atoms with Crippen LogP contribution in [0.5, 0.6) is 0 Å². The Morgan fingerprint density at radius 2 is 1.35 bits per heavy atom. The minimum atomic E-state index is -0.593. The summed E-state index contributed by atoms with van der Waals surface area (Å²) in [5.41, 5.74) is 0.916. The van der Waals surface area contributed by atoms with Crippen molar-refractivity contribution in [2.75, 3.05) is 39.6 Å². The van der Waals surface area contributed by atoms with Gasteiger partial charge in [-0.25, -0.2) is 0 Å². The number of aliphatic hydroxyl groups is 4. The minimum Gasteiger partial charge on any atom is -0.395 e. The molecule has 1 saturated heterocycles. The summed E-state index contributed by atoms with van der Waals surface area (Å²) in [6, 6.07) is 8.09. The molecule has 0 spiro atoms. The van der Waals surface area contributed by atoms with Gasteiger partial charge in [0, 0.05) is 5.56 Å². The number of hydrogen-bond acceptors (Lipinski definition) is 7. The number of nitrogens with zero attached hydrogens (tertiary/aromatic N) is 1. The van der Waals surface area contributed by atoms with Crippen LogP contribution in [0.15, 0.2) is 30.3 Å². The smallest absolute Gasteiger partial charge is 0.183 e. The van der Waals surface area contributed by atoms with Crippen LogP contribution in [0.25, 0.3) is 0 Å². The molecule has 0 aromatic heterocycles. The van der Waals surface area contributed by atoms with Gasteiger partial charge >= 0.3 is 0 Å². The van der Waals surface area contributed by atoms with Crippen LogP contribution in [-0.4, -0.2) is 83.1 Å². The molecule has 4 N–H and O–H groups in total. The van der Waals surface area contributed by atoms with Crippen molar-refractivity contribution in [3.8, 4) is 0 Å². The van der Waals surface area contributed by atoms with Gasteiger partial charge in [0.2, 0.25) is 0 Å². The van der Waals surface area contributed by atoms with E-state index in [9.17, 15) is 20.4 Å². The monoisotopic (exact) mass is 327 g/mol. The van der Waals surface area contributed by atoms with Crippen molar-refractivity contribution < 1.29 is 29.9 Å². The number of hydrogen-bond donors (Lipinski definition) is 4. The molecule has 1 heterocycles. The second-order valence-corrected chi connectivity index (χ2v) is 5.55. The zero-order chi connectivity index (χ0) is 16.7. The predicted molar refractivity (Wildman–Crippen MR) is 82.6 cm³/mol. The highest BCUT2D eigenvalue weighted by atomic mass is 16.7. The van der Waals surface area contributed by atoms with Crippen molar-refractivity contribution in [3.05, 3.63) is 35.9 Å². The van der Waals surface area contributed by atoms with Crippen molar-refractivity contribution in [2.24, 2.45) is 0 Å². The Labute approximate surface area is 135 Å². The van der Waals surface area contributed by atoms with Crippen LogP contribution in [0, 0.1) is 0 Å². The summed E-state index contributed by atoms with van der Waals surface area (Å²) in [4.78, 5) is 1.68. The normalized spacial score (nSPS) is 22.2. The van der Waals surface area contributed by atoms with Gasteiger partial charge in [-0.3, -0.25) is 4.90 Å². The lowest BCUT2D eigenvalue weighted by molar-refractivity contribution is -0.220. The quantitative estimate of drug-likeness (QED) is 0.491. The Kier molecular flexibility index (Phi) is 7.38. The lowest BCUT2D eigenvalue weighted by Crippen LogP contribution is -2.59. The Morgan fingerprint density at radius 1 is 0.870 bits per heavy atom. The predicted octanol–water partition coefficient (Wildman–Crippen LogP) is -0.891. The van der Waals surface area contributed by atoms with Crippen LogP contribution in [-0.2, 0) is 9.47 Å². The molecule has 7 heteroatoms. The van der Waals surface area contributed by atoms with Gasteiger partial charge in [-0.05, 0) is 0 Å². The molecular formula is C16H25NO6. The third-order valence-electron chi connectivity index (χ3n) is 4.06. The summed E-state index contributed by atoms with van der Waals surface area (Å²) < 4.78 is 11.5. The molecule has 0 aliphatic carbocycles. The van der Waals surface area contributed by atoms with Crippen LogP contribution < -0.4 is 0 Å². The SMILES string of the molecule is OCC(CO)N(C(CO)CO)C1COC(c2ccccc2)OC1. The van der Waals surface area contributed by atoms with Crippen molar-refractivity contribution in [2.45, 2.75) is 24.4 Å². The Morgan fingerprint density at radius 3 is 1.78 bits per heavy atom. The summed E-state index contributed by atoms with van der Waals surface area (Å²) >= 11 is 0. The van der Waals surface area contributed by atoms with Gasteiger partial charge in [-0.2, -0.15) is 0 Å². The fourth-order valence-electron chi connectivity index (χ4n) is 2.85. The Hall–Kier alpha value is -1.06. The Bertz CT molecular complexity index is 417. The molecule has 23 heavy (non-hydrogen) atoms. The molecule has 0 radical (unpaired) electrons. The van der Waals surface area contributed by atoms with Crippen LogP contribution in [0.4, 0.5) is 0 Å². The van der Waals surface area contributed by atoms with Crippen molar-refractivity contribution in [1.29, 1.82) is 0 Å². The maximum Gasteiger partial charge on any atom is 0.183 e. The number of ether oxygens (including phenoxy) is 2. The first-order chi connectivity index (χ1) is 11.2. The van der Waals surface area contributed by atoms with Gasteiger partial charge in [0.1, 0.15) is 0 Å². The van der Waals surface area contributed by atoms with Crippen molar-refractivity contribution in [3.63, 3.8) is 0 Å². The van der Waals surface area contributed by atoms with Crippen LogP contribution >= 0.6 is 0 Å². The van der Waals surface area contributed by atoms with Crippen LogP contribution in [0.1, 0.15) is 11.9 Å². The molecule has 7 nitrogen and oxygen atoms in total. The average Bonchev–Trinajstić information content (AvgIpc) is 2.63. The standard InChI is InChI=1S/C16H25NO6/c18-6-13(7-19)17(14(8-20)9-21)15-10-22-16(23-11-15)12-4-2-1-3-5-12/h1-5,13-16,18-21H,6-11H2. The number of aliphatic hydroxyl groups excluding tert-OH is 4. The zero-order valence-electron chi connectivity index (χ0n) is 13.0. The molecule has 1 fully saturated rings. The number of rotatable bonds is 8. The first kappa shape index (κ1) is 18.3. The van der Waals surface area contributed by atoms with Gasteiger partial charge in [0.05, 0.1) is 57.8 Å². The van der Waals surface area contributed by atoms with Gasteiger partial charge in [0.15, 0.2) is 6.29 Å². The molecule has 0 bridgehead atoms. The summed E-state index contributed by atoms with van der Waals surface area (Å²) in [7, 11) is 0. The molecule has 2 rings (SSSR count). The van der Waals surface area contributed by atoms with Crippen LogP contribution in [0.2, 0.25) is 0 Å². The molecule has 0 atom stereocenters. The molecule has 1 aromatic carbocycles. The van der Waals surface area contributed by atoms with Crippen molar-refractivity contribution in [1.82, 2.24) is 4.90 Å². The first-order valence-electron chi connectivity index (χ1n) is 7.74. The van der Waals surface area contributed by atoms with Crippen molar-refractivity contribution >= 4 is 0 Å². The third-order valence-corrected chi connectivity index (χ3v) is 4.06. The first-order valence-corrected chi connectivity index (χ1v) is 7.74. The average molecular weight is 327 g/mol. The molecule has 1 aliphatic heterocycles. The maximum atomic E-state index is 9.45. The summed E-state index contributed by atoms with van der Waals surface area (Å²) in [6.45, 7) is -0.520. The molecule has 0 unspecified atom stereocenters. The molecule has 0 amide bonds. The summed E-state index contributed by atoms with van der Waals surface area (Å²) in [6.07, 6.45) is -0.460. The fraction of sp³-hybridized carbons (Fsp3) is 0.625. The van der Waals surface area contributed by atoms with Crippen LogP contribution in [0.3, 0.4) is 0 Å². The highest BCUT2D eigenvalue weighted by Crippen LogP contribution is 2.26. The fourth-order valence-corrected chi connectivity index (χ4v) is 2.85. The van der Waals surface area contributed by atoms with E-state index in [0.717, 1.165) is 5.56 Å². The molecular weight excluding hydrogens is 302 g/mol. The summed E-state index contributed by atoms with van der Waals surface area (Å²) in [5, 5.41) is 37.8. The molecule has 1 aliphatic rings. The van der Waals surface area contributed by atoms with E-state index in [1.807, 2.05) is 30.3 Å². The van der Waals surface area contributed by atoms with Gasteiger partial charge in [0.25, 0.3) is 0 Å². The lowest BCUT2D eigenvalue weighted by atomic mass is 10.1. The molecule has 1 aromatic rings. The van der Waals surface area contributed by atoms with E-state index in [4.69, 9.17) is 9.47 Å². The van der Waals surface area contributed by atoms with E-state index < -0.39 is 18.4 Å². The number of benzene rings is 1. The van der Waals surface area contributed by atoms with E-state index >= 15 is 0 Å². The van der Waals surface area contributed by atoms with Gasteiger partial charge in [-0.15, -0.1) is 0 Å². The van der Waals surface area contributed by atoms with Gasteiger partial charge < -0.3 is 29.9 Å². The summed E-state index contributed by atoms with van der Waals surface area (Å²) in [5.74, 6) is 0. The Balaban J connectivity index is 2.04. The lowest BCUT2D eigenvalue weighted by Gasteiger charge is -2.43. The van der Waals surface area contributed by atoms with E-state index in [-0.39, 0.29) is 32.5 Å². The maximum absolute atomic E-state index is 9.45. The van der Waals surface area contributed by atoms with E-state index in [0.29, 0.717) is 13.2 Å². The topological polar surface area (TPSA) is 103 Å². The van der Waals surface area contributed by atoms with E-state index in [1.54, 1.807) is 4.90 Å². The minimum absolute atomic E-state index is 0.274. The van der Waals surface area contributed by atoms with Gasteiger partial charge in [-0.1, -0.05) is 30.3 Å². The molecule has 130 valence electrons. The zero-order valence-corrected chi connectivity index (χ0v) is 13.0. The third kappa shape index (κ3) is 4.48. The highest BCUT2D eigenvalue weighted by molar-refractivity contribution is 5.16. The highest BCUT2D eigenvalue weighted by Gasteiger charge is 2.35. The second kappa shape index (κ2) is 9.29. The van der Waals surface area contributed by atoms with E-state index in [1.165, 1.54) is 0 Å². The molecule has 0 saturated carbocycles. The second-order valence-electron chi connectivity index (χ2n) is 5.55. The largest absolute Gasteiger partial charge is 0.395 e.